The number of aromatic carboxylic acids is 2. The molecule has 2 N–H and O–H groups in total. The maximum Gasteiger partial charge on any atom is 0.342 e. The number of carbonyl (C=O) groups is 6. The molecule has 0 radical (unpaired) electrons. The summed E-state index contributed by atoms with van der Waals surface area (Å²) in [6.07, 6.45) is -2.94. The minimum absolute atomic E-state index is 0.00770. The Morgan fingerprint density at radius 1 is 0.647 bits per heavy atom. The van der Waals surface area contributed by atoms with Gasteiger partial charge in [0.2, 0.25) is 12.6 Å². The van der Waals surface area contributed by atoms with Gasteiger partial charge in [0.25, 0.3) is 0 Å². The second-order valence-electron chi connectivity index (χ2n) is 6.87. The lowest BCUT2D eigenvalue weighted by Crippen LogP contribution is -2.25. The van der Waals surface area contributed by atoms with Crippen molar-refractivity contribution >= 4 is 35.8 Å². The van der Waals surface area contributed by atoms with E-state index in [1.807, 2.05) is 0 Å². The quantitative estimate of drug-likeness (QED) is 0.285. The number of ether oxygens (including phenoxy) is 4. The second kappa shape index (κ2) is 11.4. The molecule has 12 heteroatoms. The van der Waals surface area contributed by atoms with Gasteiger partial charge in [0.1, 0.15) is 0 Å². The number of hydrogen-bond acceptors (Lipinski definition) is 10. The van der Waals surface area contributed by atoms with Gasteiger partial charge in [-0.25, -0.2) is 28.8 Å². The minimum atomic E-state index is -1.70. The van der Waals surface area contributed by atoms with Crippen LogP contribution in [0.5, 0.6) is 0 Å². The van der Waals surface area contributed by atoms with Gasteiger partial charge in [-0.15, -0.1) is 0 Å². The molecule has 182 valence electrons. The average Bonchev–Trinajstić information content (AvgIpc) is 2.71. The van der Waals surface area contributed by atoms with E-state index in [2.05, 4.69) is 13.2 Å². The van der Waals surface area contributed by atoms with Gasteiger partial charge in [0.05, 0.1) is 22.3 Å². The number of carbonyl (C=O) groups excluding carboxylic acids is 4. The molecule has 0 saturated carbocycles. The van der Waals surface area contributed by atoms with E-state index in [0.29, 0.717) is 12.1 Å². The maximum atomic E-state index is 12.5. The summed E-state index contributed by atoms with van der Waals surface area (Å²) in [5.74, 6) is -7.86. The molecule has 1 aromatic carbocycles. The van der Waals surface area contributed by atoms with Gasteiger partial charge in [-0.05, 0) is 26.0 Å². The first kappa shape index (κ1) is 27.6. The second-order valence-corrected chi connectivity index (χ2v) is 6.87. The van der Waals surface area contributed by atoms with Gasteiger partial charge in [0, 0.05) is 25.0 Å². The zero-order valence-corrected chi connectivity index (χ0v) is 18.7. The zero-order chi connectivity index (χ0) is 26.3. The fourth-order valence-electron chi connectivity index (χ4n) is 2.27. The zero-order valence-electron chi connectivity index (χ0n) is 18.7. The summed E-state index contributed by atoms with van der Waals surface area (Å²) in [6, 6.07) is 1.20. The highest BCUT2D eigenvalue weighted by Crippen LogP contribution is 2.22. The first-order chi connectivity index (χ1) is 15.6. The number of carboxylic acid groups (broad SMARTS) is 2. The largest absolute Gasteiger partial charge is 0.478 e. The predicted octanol–water partition coefficient (Wildman–Crippen LogP) is 2.33. The fraction of sp³-hybridized carbons (Fsp3) is 0.273. The summed E-state index contributed by atoms with van der Waals surface area (Å²) in [7, 11) is 0. The highest BCUT2D eigenvalue weighted by molar-refractivity contribution is 6.09. The van der Waals surface area contributed by atoms with Crippen molar-refractivity contribution in [2.45, 2.75) is 40.3 Å². The van der Waals surface area contributed by atoms with Gasteiger partial charge in [0.15, 0.2) is 0 Å². The molecule has 0 bridgehead atoms. The molecule has 0 aliphatic rings. The van der Waals surface area contributed by atoms with Crippen molar-refractivity contribution in [1.82, 2.24) is 0 Å². The standard InChI is InChI=1S/C22H22O12/c1-9(2)19(27)31-11(5)33-21(29)15-7-14(18(25)26)16(8-13(15)17(23)24)22(30)34-12(6)32-20(28)10(3)4/h7-8,11-12H,1,3H2,2,4-6H3,(H,23,24)(H,25,26). The molecule has 34 heavy (non-hydrogen) atoms. The summed E-state index contributed by atoms with van der Waals surface area (Å²) < 4.78 is 19.2. The van der Waals surface area contributed by atoms with Crippen LogP contribution in [-0.2, 0) is 28.5 Å². The Bertz CT molecular complexity index is 996. The smallest absolute Gasteiger partial charge is 0.342 e. The van der Waals surface area contributed by atoms with Crippen LogP contribution in [0.15, 0.2) is 36.4 Å². The Kier molecular flexibility index (Phi) is 9.24. The highest BCUT2D eigenvalue weighted by Gasteiger charge is 2.29. The minimum Gasteiger partial charge on any atom is -0.478 e. The van der Waals surface area contributed by atoms with Crippen molar-refractivity contribution in [1.29, 1.82) is 0 Å². The van der Waals surface area contributed by atoms with Gasteiger partial charge >= 0.3 is 35.8 Å². The van der Waals surface area contributed by atoms with E-state index in [9.17, 15) is 39.0 Å². The lowest BCUT2D eigenvalue weighted by Gasteiger charge is -2.17. The molecule has 0 fully saturated rings. The van der Waals surface area contributed by atoms with Crippen molar-refractivity contribution in [2.24, 2.45) is 0 Å². The molecule has 0 aromatic heterocycles. The summed E-state index contributed by atoms with van der Waals surface area (Å²) in [5, 5.41) is 19.0. The van der Waals surface area contributed by atoms with Crippen molar-refractivity contribution in [3.63, 3.8) is 0 Å². The Morgan fingerprint density at radius 2 is 0.941 bits per heavy atom. The van der Waals surface area contributed by atoms with Crippen LogP contribution in [0, 0.1) is 0 Å². The maximum absolute atomic E-state index is 12.5. The van der Waals surface area contributed by atoms with E-state index in [0.717, 1.165) is 13.8 Å². The highest BCUT2D eigenvalue weighted by atomic mass is 16.7. The molecule has 1 rings (SSSR count). The van der Waals surface area contributed by atoms with Crippen LogP contribution in [0.3, 0.4) is 0 Å². The molecule has 0 spiro atoms. The van der Waals surface area contributed by atoms with Crippen molar-refractivity contribution in [2.75, 3.05) is 0 Å². The van der Waals surface area contributed by atoms with E-state index in [-0.39, 0.29) is 11.1 Å². The Labute approximate surface area is 193 Å². The van der Waals surface area contributed by atoms with Crippen LogP contribution in [0.25, 0.3) is 0 Å². The molecular weight excluding hydrogens is 456 g/mol. The van der Waals surface area contributed by atoms with Crippen molar-refractivity contribution in [3.8, 4) is 0 Å². The van der Waals surface area contributed by atoms with Crippen molar-refractivity contribution < 1.29 is 57.9 Å². The molecule has 2 atom stereocenters. The molecular formula is C22H22O12. The van der Waals surface area contributed by atoms with Crippen LogP contribution in [0.1, 0.15) is 69.1 Å². The molecule has 12 nitrogen and oxygen atoms in total. The van der Waals surface area contributed by atoms with Crippen LogP contribution in [0.2, 0.25) is 0 Å². The molecule has 0 saturated heterocycles. The SMILES string of the molecule is C=C(C)C(=O)OC(C)OC(=O)c1cc(C(=O)O)c(C(=O)OC(C)OC(=O)C(=C)C)cc1C(=O)O. The summed E-state index contributed by atoms with van der Waals surface area (Å²) in [4.78, 5) is 71.4. The molecule has 1 aromatic rings. The van der Waals surface area contributed by atoms with Gasteiger partial charge in [-0.1, -0.05) is 13.2 Å². The van der Waals surface area contributed by atoms with Gasteiger partial charge in [-0.3, -0.25) is 0 Å². The number of benzene rings is 1. The third kappa shape index (κ3) is 7.29. The van der Waals surface area contributed by atoms with Crippen LogP contribution < -0.4 is 0 Å². The first-order valence-electron chi connectivity index (χ1n) is 9.45. The number of esters is 4. The van der Waals surface area contributed by atoms with Crippen LogP contribution in [0.4, 0.5) is 0 Å². The van der Waals surface area contributed by atoms with Crippen LogP contribution >= 0.6 is 0 Å². The molecule has 2 unspecified atom stereocenters. The van der Waals surface area contributed by atoms with E-state index < -0.39 is 70.6 Å². The monoisotopic (exact) mass is 478 g/mol. The third-order valence-corrected chi connectivity index (χ3v) is 3.85. The van der Waals surface area contributed by atoms with Crippen molar-refractivity contribution in [3.05, 3.63) is 58.7 Å². The number of rotatable bonds is 10. The predicted molar refractivity (Wildman–Crippen MR) is 112 cm³/mol. The van der Waals surface area contributed by atoms with Gasteiger partial charge < -0.3 is 29.2 Å². The Balaban J connectivity index is 3.32. The molecule has 0 aliphatic carbocycles. The lowest BCUT2D eigenvalue weighted by molar-refractivity contribution is -0.161. The third-order valence-electron chi connectivity index (χ3n) is 3.85. The molecule has 0 amide bonds. The lowest BCUT2D eigenvalue weighted by atomic mass is 9.98. The van der Waals surface area contributed by atoms with Gasteiger partial charge in [-0.2, -0.15) is 0 Å². The number of carboxylic acids is 2. The molecule has 0 aliphatic heterocycles. The Hall–Kier alpha value is -4.48. The normalized spacial score (nSPS) is 11.9. The summed E-state index contributed by atoms with van der Waals surface area (Å²) >= 11 is 0. The molecule has 0 heterocycles. The topological polar surface area (TPSA) is 180 Å². The first-order valence-corrected chi connectivity index (χ1v) is 9.45. The van der Waals surface area contributed by atoms with E-state index >= 15 is 0 Å². The van der Waals surface area contributed by atoms with E-state index in [1.165, 1.54) is 13.8 Å². The fourth-order valence-corrected chi connectivity index (χ4v) is 2.27. The van der Waals surface area contributed by atoms with E-state index in [4.69, 9.17) is 18.9 Å². The number of hydrogen-bond donors (Lipinski definition) is 2. The summed E-state index contributed by atoms with van der Waals surface area (Å²) in [6.45, 7) is 11.7. The summed E-state index contributed by atoms with van der Waals surface area (Å²) in [5.41, 5.74) is -3.05. The Morgan fingerprint density at radius 3 is 1.18 bits per heavy atom. The average molecular weight is 478 g/mol. The van der Waals surface area contributed by atoms with Crippen LogP contribution in [-0.4, -0.2) is 58.6 Å². The van der Waals surface area contributed by atoms with E-state index in [1.54, 1.807) is 0 Å².